The molecule has 7 nitrogen and oxygen atoms in total. The third kappa shape index (κ3) is 4.17. The van der Waals surface area contributed by atoms with Gasteiger partial charge in [0.2, 0.25) is 0 Å². The van der Waals surface area contributed by atoms with E-state index in [0.29, 0.717) is 39.1 Å². The van der Waals surface area contributed by atoms with Crippen LogP contribution in [-0.4, -0.2) is 34.1 Å². The van der Waals surface area contributed by atoms with Gasteiger partial charge in [0.1, 0.15) is 11.3 Å². The zero-order chi connectivity index (χ0) is 20.4. The summed E-state index contributed by atoms with van der Waals surface area (Å²) in [6.45, 7) is 1.18. The lowest BCUT2D eigenvalue weighted by molar-refractivity contribution is 0.0958. The van der Waals surface area contributed by atoms with Crippen LogP contribution in [0.2, 0.25) is 5.02 Å². The lowest BCUT2D eigenvalue weighted by atomic mass is 10.3. The molecule has 0 bridgehead atoms. The van der Waals surface area contributed by atoms with Gasteiger partial charge in [-0.1, -0.05) is 22.9 Å². The van der Waals surface area contributed by atoms with E-state index < -0.39 is 0 Å². The minimum Gasteiger partial charge on any atom is -0.494 e. The molecular formula is C19H16BrClN4O3S. The quantitative estimate of drug-likeness (QED) is 0.350. The van der Waals surface area contributed by atoms with Crippen molar-refractivity contribution >= 4 is 60.1 Å². The first-order valence-corrected chi connectivity index (χ1v) is 10.7. The Kier molecular flexibility index (Phi) is 5.89. The van der Waals surface area contributed by atoms with Crippen LogP contribution in [0.25, 0.3) is 10.2 Å². The molecule has 1 amide bonds. The number of methoxy groups -OCH3 is 1. The number of aromatic nitrogens is 3. The number of aryl methyl sites for hydroxylation is 1. The van der Waals surface area contributed by atoms with Crippen molar-refractivity contribution in [3.05, 3.63) is 58.4 Å². The second kappa shape index (κ2) is 8.56. The zero-order valence-electron chi connectivity index (χ0n) is 15.3. The Labute approximate surface area is 184 Å². The summed E-state index contributed by atoms with van der Waals surface area (Å²) in [7, 11) is 1.58. The molecule has 0 spiro atoms. The van der Waals surface area contributed by atoms with E-state index in [1.807, 2.05) is 10.8 Å². The molecule has 29 heavy (non-hydrogen) atoms. The molecule has 0 aliphatic rings. The fourth-order valence-corrected chi connectivity index (χ4v) is 4.49. The van der Waals surface area contributed by atoms with Crippen LogP contribution >= 0.6 is 38.9 Å². The highest BCUT2D eigenvalue weighted by atomic mass is 79.9. The van der Waals surface area contributed by atoms with Crippen LogP contribution in [0.3, 0.4) is 0 Å². The number of ether oxygens (including phenoxy) is 1. The molecule has 0 fully saturated rings. The average molecular weight is 496 g/mol. The maximum absolute atomic E-state index is 13.2. The van der Waals surface area contributed by atoms with E-state index in [9.17, 15) is 4.79 Å². The number of thiazole rings is 1. The Morgan fingerprint density at radius 2 is 2.24 bits per heavy atom. The molecule has 4 aromatic rings. The summed E-state index contributed by atoms with van der Waals surface area (Å²) in [5.74, 6) is 0.575. The molecule has 0 saturated heterocycles. The molecule has 10 heteroatoms. The standard InChI is InChI=1S/C19H16BrClN4O3S/c1-27-13-4-3-12(21)17-16(13)23-19(29-17)25(9-2-8-24-10-7-22-11-24)18(26)14-5-6-15(20)28-14/h3-7,10-11H,2,8-9H2,1H3. The monoisotopic (exact) mass is 494 g/mol. The van der Waals surface area contributed by atoms with Gasteiger partial charge in [-0.05, 0) is 46.6 Å². The molecular weight excluding hydrogens is 480 g/mol. The number of rotatable bonds is 7. The summed E-state index contributed by atoms with van der Waals surface area (Å²) in [4.78, 5) is 23.5. The Morgan fingerprint density at radius 3 is 2.93 bits per heavy atom. The molecule has 4 rings (SSSR count). The van der Waals surface area contributed by atoms with Crippen LogP contribution < -0.4 is 9.64 Å². The molecule has 0 atom stereocenters. The summed E-state index contributed by atoms with van der Waals surface area (Å²) in [6.07, 6.45) is 6.08. The van der Waals surface area contributed by atoms with Crippen molar-refractivity contribution in [2.45, 2.75) is 13.0 Å². The number of nitrogens with zero attached hydrogens (tertiary/aromatic N) is 4. The van der Waals surface area contributed by atoms with E-state index >= 15 is 0 Å². The number of carbonyl (C=O) groups excluding carboxylic acids is 1. The van der Waals surface area contributed by atoms with E-state index in [-0.39, 0.29) is 11.7 Å². The van der Waals surface area contributed by atoms with Crippen LogP contribution in [0.4, 0.5) is 5.13 Å². The van der Waals surface area contributed by atoms with Gasteiger partial charge < -0.3 is 13.7 Å². The lowest BCUT2D eigenvalue weighted by Gasteiger charge is -2.18. The van der Waals surface area contributed by atoms with Crippen molar-refractivity contribution in [1.29, 1.82) is 0 Å². The largest absolute Gasteiger partial charge is 0.494 e. The highest BCUT2D eigenvalue weighted by molar-refractivity contribution is 9.10. The van der Waals surface area contributed by atoms with E-state index in [2.05, 4.69) is 25.9 Å². The van der Waals surface area contributed by atoms with Crippen LogP contribution in [0, 0.1) is 0 Å². The number of fused-ring (bicyclic) bond motifs is 1. The molecule has 0 N–H and O–H groups in total. The van der Waals surface area contributed by atoms with Crippen molar-refractivity contribution < 1.29 is 13.9 Å². The number of hydrogen-bond donors (Lipinski definition) is 0. The van der Waals surface area contributed by atoms with Crippen LogP contribution in [0.1, 0.15) is 17.0 Å². The van der Waals surface area contributed by atoms with Gasteiger partial charge in [0, 0.05) is 25.5 Å². The molecule has 0 unspecified atom stereocenters. The predicted molar refractivity (Wildman–Crippen MR) is 116 cm³/mol. The first kappa shape index (κ1) is 19.9. The van der Waals surface area contributed by atoms with Crippen molar-refractivity contribution in [2.75, 3.05) is 18.6 Å². The van der Waals surface area contributed by atoms with Crippen LogP contribution in [0.15, 0.2) is 52.1 Å². The molecule has 0 radical (unpaired) electrons. The van der Waals surface area contributed by atoms with Gasteiger partial charge >= 0.3 is 0 Å². The first-order valence-electron chi connectivity index (χ1n) is 8.73. The average Bonchev–Trinajstić information content (AvgIpc) is 3.46. The van der Waals surface area contributed by atoms with E-state index in [4.69, 9.17) is 20.8 Å². The summed E-state index contributed by atoms with van der Waals surface area (Å²) >= 11 is 10.9. The maximum atomic E-state index is 13.2. The second-order valence-corrected chi connectivity index (χ2v) is 8.30. The molecule has 0 aliphatic carbocycles. The van der Waals surface area contributed by atoms with Crippen molar-refractivity contribution in [3.8, 4) is 5.75 Å². The zero-order valence-corrected chi connectivity index (χ0v) is 18.5. The number of furan rings is 1. The first-order chi connectivity index (χ1) is 14.1. The third-order valence-corrected chi connectivity index (χ3v) is 6.25. The number of amides is 1. The van der Waals surface area contributed by atoms with E-state index in [0.717, 1.165) is 11.2 Å². The number of halogens is 2. The van der Waals surface area contributed by atoms with Gasteiger partial charge in [-0.15, -0.1) is 0 Å². The highest BCUT2D eigenvalue weighted by Gasteiger charge is 2.25. The minimum atomic E-state index is -0.268. The number of benzene rings is 1. The maximum Gasteiger partial charge on any atom is 0.295 e. The summed E-state index contributed by atoms with van der Waals surface area (Å²) in [5, 5.41) is 1.10. The summed E-state index contributed by atoms with van der Waals surface area (Å²) in [5.41, 5.74) is 0.632. The Balaban J connectivity index is 1.68. The Hall–Kier alpha value is -2.36. The fraction of sp³-hybridized carbons (Fsp3) is 0.211. The normalized spacial score (nSPS) is 11.1. The molecule has 1 aromatic carbocycles. The molecule has 3 aromatic heterocycles. The topological polar surface area (TPSA) is 73.4 Å². The van der Waals surface area contributed by atoms with E-state index in [1.165, 1.54) is 11.3 Å². The molecule has 3 heterocycles. The highest BCUT2D eigenvalue weighted by Crippen LogP contribution is 2.39. The van der Waals surface area contributed by atoms with Gasteiger partial charge in [0.15, 0.2) is 15.6 Å². The third-order valence-electron chi connectivity index (χ3n) is 4.28. The molecule has 0 saturated carbocycles. The van der Waals surface area contributed by atoms with E-state index in [1.54, 1.807) is 48.8 Å². The van der Waals surface area contributed by atoms with Gasteiger partial charge in [-0.3, -0.25) is 9.69 Å². The van der Waals surface area contributed by atoms with Crippen LogP contribution in [0.5, 0.6) is 5.75 Å². The smallest absolute Gasteiger partial charge is 0.295 e. The van der Waals surface area contributed by atoms with Gasteiger partial charge in [0.05, 0.1) is 23.2 Å². The minimum absolute atomic E-state index is 0.233. The number of hydrogen-bond acceptors (Lipinski definition) is 6. The van der Waals surface area contributed by atoms with Crippen LogP contribution in [-0.2, 0) is 6.54 Å². The van der Waals surface area contributed by atoms with Gasteiger partial charge in [-0.2, -0.15) is 0 Å². The Bertz CT molecular complexity index is 1140. The predicted octanol–water partition coefficient (Wildman–Crippen LogP) is 5.25. The second-order valence-electron chi connectivity index (χ2n) is 6.14. The van der Waals surface area contributed by atoms with Crippen molar-refractivity contribution in [1.82, 2.24) is 14.5 Å². The lowest BCUT2D eigenvalue weighted by Crippen LogP contribution is -2.32. The fourth-order valence-electron chi connectivity index (χ4n) is 2.90. The molecule has 150 valence electrons. The number of imidazole rings is 1. The summed E-state index contributed by atoms with van der Waals surface area (Å²) < 4.78 is 14.1. The van der Waals surface area contributed by atoms with Gasteiger partial charge in [0.25, 0.3) is 5.91 Å². The Morgan fingerprint density at radius 1 is 1.38 bits per heavy atom. The van der Waals surface area contributed by atoms with Crippen molar-refractivity contribution in [2.24, 2.45) is 0 Å². The van der Waals surface area contributed by atoms with Crippen molar-refractivity contribution in [3.63, 3.8) is 0 Å². The number of anilines is 1. The SMILES string of the molecule is COc1ccc(Cl)c2sc(N(CCCn3ccnc3)C(=O)c3ccc(Br)o3)nc12. The number of carbonyl (C=O) groups is 1. The van der Waals surface area contributed by atoms with Gasteiger partial charge in [-0.25, -0.2) is 9.97 Å². The molecule has 0 aliphatic heterocycles. The summed E-state index contributed by atoms with van der Waals surface area (Å²) in [6, 6.07) is 6.86.